The van der Waals surface area contributed by atoms with E-state index in [1.807, 2.05) is 42.5 Å². The number of ether oxygens (including phenoxy) is 1. The summed E-state index contributed by atoms with van der Waals surface area (Å²) in [6, 6.07) is 18.1. The smallest absolute Gasteiger partial charge is 0.169 e. The number of hydrogen-bond acceptors (Lipinski definition) is 2. The minimum absolute atomic E-state index is 0.0366. The molecule has 2 heteroatoms. The summed E-state index contributed by atoms with van der Waals surface area (Å²) in [7, 11) is 0. The molecule has 0 radical (unpaired) electrons. The Morgan fingerprint density at radius 3 is 2.37 bits per heavy atom. The van der Waals surface area contributed by atoms with Gasteiger partial charge in [-0.15, -0.1) is 0 Å². The summed E-state index contributed by atoms with van der Waals surface area (Å²) in [5, 5.41) is 0. The van der Waals surface area contributed by atoms with Crippen molar-refractivity contribution in [2.24, 2.45) is 0 Å². The fraction of sp³-hybridized carbons (Fsp3) is 0.235. The molecule has 0 amide bonds. The first-order chi connectivity index (χ1) is 9.16. The van der Waals surface area contributed by atoms with Crippen LogP contribution in [0.2, 0.25) is 0 Å². The highest BCUT2D eigenvalue weighted by molar-refractivity contribution is 5.80. The maximum absolute atomic E-state index is 11.3. The third-order valence-corrected chi connectivity index (χ3v) is 3.09. The van der Waals surface area contributed by atoms with E-state index in [1.54, 1.807) is 13.8 Å². The molecule has 0 saturated carbocycles. The van der Waals surface area contributed by atoms with Gasteiger partial charge in [0.25, 0.3) is 0 Å². The highest BCUT2D eigenvalue weighted by Gasteiger charge is 2.11. The number of benzene rings is 2. The molecule has 0 aliphatic carbocycles. The van der Waals surface area contributed by atoms with Crippen molar-refractivity contribution in [2.45, 2.75) is 26.4 Å². The van der Waals surface area contributed by atoms with Crippen molar-refractivity contribution in [3.8, 4) is 5.75 Å². The van der Waals surface area contributed by atoms with E-state index in [1.165, 1.54) is 5.56 Å². The second-order valence-corrected chi connectivity index (χ2v) is 4.64. The van der Waals surface area contributed by atoms with Crippen molar-refractivity contribution >= 4 is 5.78 Å². The van der Waals surface area contributed by atoms with E-state index in [0.29, 0.717) is 0 Å². The molecule has 1 unspecified atom stereocenters. The lowest BCUT2D eigenvalue weighted by Crippen LogP contribution is -2.21. The van der Waals surface area contributed by atoms with Gasteiger partial charge in [0.15, 0.2) is 11.9 Å². The molecule has 0 aliphatic rings. The summed E-state index contributed by atoms with van der Waals surface area (Å²) in [6.07, 6.45) is 0.402. The summed E-state index contributed by atoms with van der Waals surface area (Å²) in [5.41, 5.74) is 2.33. The van der Waals surface area contributed by atoms with Crippen molar-refractivity contribution in [3.05, 3.63) is 65.7 Å². The minimum Gasteiger partial charge on any atom is -0.483 e. The van der Waals surface area contributed by atoms with Crippen LogP contribution < -0.4 is 4.74 Å². The zero-order valence-electron chi connectivity index (χ0n) is 11.3. The van der Waals surface area contributed by atoms with E-state index in [0.717, 1.165) is 17.7 Å². The van der Waals surface area contributed by atoms with Crippen LogP contribution in [-0.4, -0.2) is 11.9 Å². The van der Waals surface area contributed by atoms with Gasteiger partial charge in [-0.05, 0) is 31.0 Å². The van der Waals surface area contributed by atoms with Gasteiger partial charge >= 0.3 is 0 Å². The largest absolute Gasteiger partial charge is 0.483 e. The van der Waals surface area contributed by atoms with Gasteiger partial charge in [-0.2, -0.15) is 0 Å². The number of rotatable bonds is 5. The van der Waals surface area contributed by atoms with Crippen LogP contribution in [0, 0.1) is 0 Å². The lowest BCUT2D eigenvalue weighted by Gasteiger charge is -2.15. The highest BCUT2D eigenvalue weighted by atomic mass is 16.5. The van der Waals surface area contributed by atoms with Crippen molar-refractivity contribution < 1.29 is 9.53 Å². The highest BCUT2D eigenvalue weighted by Crippen LogP contribution is 2.22. The SMILES string of the molecule is CC(=O)C(C)Oc1ccccc1Cc1ccccc1. The summed E-state index contributed by atoms with van der Waals surface area (Å²) >= 11 is 0. The van der Waals surface area contributed by atoms with Crippen molar-refractivity contribution in [1.82, 2.24) is 0 Å². The van der Waals surface area contributed by atoms with E-state index >= 15 is 0 Å². The van der Waals surface area contributed by atoms with Crippen LogP contribution in [0.1, 0.15) is 25.0 Å². The lowest BCUT2D eigenvalue weighted by atomic mass is 10.0. The fourth-order valence-corrected chi connectivity index (χ4v) is 1.85. The van der Waals surface area contributed by atoms with Crippen LogP contribution in [0.4, 0.5) is 0 Å². The molecule has 0 heterocycles. The topological polar surface area (TPSA) is 26.3 Å². The van der Waals surface area contributed by atoms with E-state index in [-0.39, 0.29) is 5.78 Å². The van der Waals surface area contributed by atoms with Gasteiger partial charge in [-0.3, -0.25) is 4.79 Å². The molecule has 2 rings (SSSR count). The molecule has 0 aromatic heterocycles. The third-order valence-electron chi connectivity index (χ3n) is 3.09. The quantitative estimate of drug-likeness (QED) is 0.814. The van der Waals surface area contributed by atoms with Crippen LogP contribution in [0.3, 0.4) is 0 Å². The maximum Gasteiger partial charge on any atom is 0.169 e. The summed E-state index contributed by atoms with van der Waals surface area (Å²) in [5.74, 6) is 0.823. The Balaban J connectivity index is 2.19. The molecule has 2 aromatic rings. The first kappa shape index (κ1) is 13.3. The Hall–Kier alpha value is -2.09. The van der Waals surface area contributed by atoms with Gasteiger partial charge in [-0.25, -0.2) is 0 Å². The van der Waals surface area contributed by atoms with Crippen LogP contribution in [0.25, 0.3) is 0 Å². The number of Topliss-reactive ketones (excluding diaryl/α,β-unsaturated/α-hetero) is 1. The number of carbonyl (C=O) groups is 1. The van der Waals surface area contributed by atoms with Gasteiger partial charge in [0.2, 0.25) is 0 Å². The fourth-order valence-electron chi connectivity index (χ4n) is 1.85. The molecular formula is C17H18O2. The number of para-hydroxylation sites is 1. The van der Waals surface area contributed by atoms with Gasteiger partial charge in [-0.1, -0.05) is 48.5 Å². The third kappa shape index (κ3) is 3.68. The van der Waals surface area contributed by atoms with E-state index in [2.05, 4.69) is 12.1 Å². The zero-order valence-corrected chi connectivity index (χ0v) is 11.3. The van der Waals surface area contributed by atoms with Crippen LogP contribution in [0.5, 0.6) is 5.75 Å². The summed E-state index contributed by atoms with van der Waals surface area (Å²) < 4.78 is 5.73. The summed E-state index contributed by atoms with van der Waals surface area (Å²) in [4.78, 5) is 11.3. The zero-order chi connectivity index (χ0) is 13.7. The normalized spacial score (nSPS) is 11.9. The van der Waals surface area contributed by atoms with Crippen LogP contribution >= 0.6 is 0 Å². The molecule has 98 valence electrons. The molecule has 0 aliphatic heterocycles. The molecule has 0 bridgehead atoms. The van der Waals surface area contributed by atoms with Gasteiger partial charge < -0.3 is 4.74 Å². The predicted octanol–water partition coefficient (Wildman–Crippen LogP) is 3.63. The second-order valence-electron chi connectivity index (χ2n) is 4.64. The predicted molar refractivity (Wildman–Crippen MR) is 76.5 cm³/mol. The van der Waals surface area contributed by atoms with Gasteiger partial charge in [0.05, 0.1) is 0 Å². The molecule has 19 heavy (non-hydrogen) atoms. The summed E-state index contributed by atoms with van der Waals surface area (Å²) in [6.45, 7) is 3.33. The lowest BCUT2D eigenvalue weighted by molar-refractivity contribution is -0.122. The van der Waals surface area contributed by atoms with Crippen LogP contribution in [0.15, 0.2) is 54.6 Å². The second kappa shape index (κ2) is 6.19. The Morgan fingerprint density at radius 1 is 1.05 bits per heavy atom. The van der Waals surface area contributed by atoms with Crippen molar-refractivity contribution in [3.63, 3.8) is 0 Å². The van der Waals surface area contributed by atoms with E-state index in [4.69, 9.17) is 4.74 Å². The number of ketones is 1. The Bertz CT molecular complexity index is 546. The van der Waals surface area contributed by atoms with Crippen molar-refractivity contribution in [2.75, 3.05) is 0 Å². The standard InChI is InChI=1S/C17H18O2/c1-13(18)14(2)19-17-11-7-6-10-16(17)12-15-8-4-3-5-9-15/h3-11,14H,12H2,1-2H3. The molecule has 0 spiro atoms. The Labute approximate surface area is 114 Å². The Morgan fingerprint density at radius 2 is 1.68 bits per heavy atom. The monoisotopic (exact) mass is 254 g/mol. The van der Waals surface area contributed by atoms with Crippen molar-refractivity contribution in [1.29, 1.82) is 0 Å². The van der Waals surface area contributed by atoms with Gasteiger partial charge in [0, 0.05) is 6.42 Å². The molecule has 2 nitrogen and oxygen atoms in total. The van der Waals surface area contributed by atoms with E-state index < -0.39 is 6.10 Å². The molecule has 0 N–H and O–H groups in total. The Kier molecular flexibility index (Phi) is 4.35. The first-order valence-corrected chi connectivity index (χ1v) is 6.46. The maximum atomic E-state index is 11.3. The molecule has 1 atom stereocenters. The molecular weight excluding hydrogens is 236 g/mol. The van der Waals surface area contributed by atoms with Gasteiger partial charge in [0.1, 0.15) is 5.75 Å². The minimum atomic E-state index is -0.406. The molecule has 0 fully saturated rings. The average molecular weight is 254 g/mol. The van der Waals surface area contributed by atoms with Crippen LogP contribution in [-0.2, 0) is 11.2 Å². The molecule has 2 aromatic carbocycles. The average Bonchev–Trinajstić information content (AvgIpc) is 2.42. The van der Waals surface area contributed by atoms with E-state index in [9.17, 15) is 4.79 Å². The first-order valence-electron chi connectivity index (χ1n) is 6.46. The number of hydrogen-bond donors (Lipinski definition) is 0. The molecule has 0 saturated heterocycles. The number of carbonyl (C=O) groups excluding carboxylic acids is 1.